The Morgan fingerprint density at radius 1 is 0.963 bits per heavy atom. The first-order valence-corrected chi connectivity index (χ1v) is 8.43. The first-order valence-electron chi connectivity index (χ1n) is 8.05. The summed E-state index contributed by atoms with van der Waals surface area (Å²) < 4.78 is 23.9. The largest absolute Gasteiger partial charge is 0.497 e. The van der Waals surface area contributed by atoms with Crippen LogP contribution in [0, 0.1) is 12.7 Å². The van der Waals surface area contributed by atoms with Gasteiger partial charge in [-0.05, 0) is 37.3 Å². The Bertz CT molecular complexity index is 968. The molecule has 1 aromatic heterocycles. The van der Waals surface area contributed by atoms with E-state index in [4.69, 9.17) is 21.1 Å². The highest BCUT2D eigenvalue weighted by molar-refractivity contribution is 6.31. The van der Waals surface area contributed by atoms with Crippen LogP contribution < -0.4 is 20.1 Å². The van der Waals surface area contributed by atoms with Crippen molar-refractivity contribution in [3.8, 4) is 11.5 Å². The topological polar surface area (TPSA) is 68.3 Å². The van der Waals surface area contributed by atoms with Gasteiger partial charge in [-0.3, -0.25) is 0 Å². The molecule has 0 saturated heterocycles. The van der Waals surface area contributed by atoms with Gasteiger partial charge in [0.2, 0.25) is 5.95 Å². The van der Waals surface area contributed by atoms with Gasteiger partial charge in [0.25, 0.3) is 0 Å². The maximum atomic E-state index is 13.3. The van der Waals surface area contributed by atoms with Crippen LogP contribution in [0.4, 0.5) is 27.5 Å². The van der Waals surface area contributed by atoms with Crippen LogP contribution in [0.2, 0.25) is 5.02 Å². The third-order valence-corrected chi connectivity index (χ3v) is 3.99. The van der Waals surface area contributed by atoms with E-state index in [2.05, 4.69) is 20.6 Å². The molecule has 0 spiro atoms. The van der Waals surface area contributed by atoms with E-state index in [-0.39, 0.29) is 5.02 Å². The van der Waals surface area contributed by atoms with Crippen molar-refractivity contribution >= 4 is 34.7 Å². The second kappa shape index (κ2) is 8.09. The molecule has 1 heterocycles. The van der Waals surface area contributed by atoms with Gasteiger partial charge in [0, 0.05) is 23.5 Å². The van der Waals surface area contributed by atoms with Crippen LogP contribution in [0.15, 0.2) is 42.5 Å². The maximum Gasteiger partial charge on any atom is 0.229 e. The summed E-state index contributed by atoms with van der Waals surface area (Å²) in [5.41, 5.74) is 2.06. The summed E-state index contributed by atoms with van der Waals surface area (Å²) in [6.45, 7) is 1.85. The lowest BCUT2D eigenvalue weighted by Crippen LogP contribution is -2.03. The quantitative estimate of drug-likeness (QED) is 0.613. The Balaban J connectivity index is 1.86. The Hall–Kier alpha value is -3.06. The van der Waals surface area contributed by atoms with Gasteiger partial charge in [0.05, 0.1) is 24.9 Å². The van der Waals surface area contributed by atoms with Gasteiger partial charge in [-0.25, -0.2) is 9.37 Å². The molecule has 2 aromatic carbocycles. The molecule has 0 bridgehead atoms. The second-order valence-electron chi connectivity index (χ2n) is 5.66. The molecule has 6 nitrogen and oxygen atoms in total. The highest BCUT2D eigenvalue weighted by Gasteiger charge is 2.09. The minimum Gasteiger partial charge on any atom is -0.497 e. The van der Waals surface area contributed by atoms with Gasteiger partial charge in [0.15, 0.2) is 0 Å². The SMILES string of the molecule is COc1ccc(Nc2nc(C)cc(Nc3ccc(F)c(Cl)c3)n2)c(OC)c1. The fraction of sp³-hybridized carbons (Fsp3) is 0.158. The highest BCUT2D eigenvalue weighted by atomic mass is 35.5. The number of aromatic nitrogens is 2. The summed E-state index contributed by atoms with van der Waals surface area (Å²) >= 11 is 5.82. The fourth-order valence-electron chi connectivity index (χ4n) is 2.43. The summed E-state index contributed by atoms with van der Waals surface area (Å²) in [7, 11) is 3.16. The lowest BCUT2D eigenvalue weighted by molar-refractivity contribution is 0.395. The number of hydrogen-bond donors (Lipinski definition) is 2. The summed E-state index contributed by atoms with van der Waals surface area (Å²) in [6, 6.07) is 11.5. The molecule has 0 unspecified atom stereocenters. The minimum atomic E-state index is -0.477. The van der Waals surface area contributed by atoms with Gasteiger partial charge < -0.3 is 20.1 Å². The van der Waals surface area contributed by atoms with Gasteiger partial charge in [0.1, 0.15) is 23.1 Å². The number of benzene rings is 2. The Morgan fingerprint density at radius 3 is 2.48 bits per heavy atom. The van der Waals surface area contributed by atoms with E-state index >= 15 is 0 Å². The van der Waals surface area contributed by atoms with Crippen LogP contribution in [0.25, 0.3) is 0 Å². The molecule has 0 aliphatic rings. The molecule has 0 amide bonds. The Morgan fingerprint density at radius 2 is 1.78 bits per heavy atom. The van der Waals surface area contributed by atoms with Crippen molar-refractivity contribution in [2.75, 3.05) is 24.9 Å². The van der Waals surface area contributed by atoms with Crippen molar-refractivity contribution in [3.63, 3.8) is 0 Å². The molecular weight excluding hydrogens is 371 g/mol. The highest BCUT2D eigenvalue weighted by Crippen LogP contribution is 2.31. The van der Waals surface area contributed by atoms with Crippen molar-refractivity contribution in [2.45, 2.75) is 6.92 Å². The number of methoxy groups -OCH3 is 2. The van der Waals surface area contributed by atoms with Gasteiger partial charge in [-0.1, -0.05) is 11.6 Å². The van der Waals surface area contributed by atoms with Crippen molar-refractivity contribution in [2.24, 2.45) is 0 Å². The normalized spacial score (nSPS) is 10.4. The van der Waals surface area contributed by atoms with Crippen LogP contribution in [-0.4, -0.2) is 24.2 Å². The fourth-order valence-corrected chi connectivity index (χ4v) is 2.61. The average molecular weight is 389 g/mol. The third-order valence-electron chi connectivity index (χ3n) is 3.70. The van der Waals surface area contributed by atoms with Crippen molar-refractivity contribution < 1.29 is 13.9 Å². The van der Waals surface area contributed by atoms with Crippen molar-refractivity contribution in [1.29, 1.82) is 0 Å². The molecule has 3 rings (SSSR count). The Labute approximate surface area is 161 Å². The van der Waals surface area contributed by atoms with E-state index in [9.17, 15) is 4.39 Å². The molecule has 0 atom stereocenters. The lowest BCUT2D eigenvalue weighted by Gasteiger charge is -2.13. The minimum absolute atomic E-state index is 0.0343. The molecule has 27 heavy (non-hydrogen) atoms. The molecule has 3 aromatic rings. The van der Waals surface area contributed by atoms with E-state index < -0.39 is 5.82 Å². The first-order chi connectivity index (χ1) is 13.0. The van der Waals surface area contributed by atoms with Crippen LogP contribution >= 0.6 is 11.6 Å². The van der Waals surface area contributed by atoms with E-state index in [1.165, 1.54) is 12.1 Å². The van der Waals surface area contributed by atoms with E-state index in [1.807, 2.05) is 13.0 Å². The van der Waals surface area contributed by atoms with Crippen LogP contribution in [0.5, 0.6) is 11.5 Å². The molecular formula is C19H18ClFN4O2. The van der Waals surface area contributed by atoms with Crippen LogP contribution in [0.3, 0.4) is 0 Å². The van der Waals surface area contributed by atoms with Gasteiger partial charge in [-0.15, -0.1) is 0 Å². The summed E-state index contributed by atoms with van der Waals surface area (Å²) in [5.74, 6) is 1.72. The molecule has 0 radical (unpaired) electrons. The number of anilines is 4. The molecule has 0 saturated carbocycles. The Kier molecular flexibility index (Phi) is 5.61. The zero-order valence-electron chi connectivity index (χ0n) is 15.0. The molecule has 140 valence electrons. The van der Waals surface area contributed by atoms with Crippen molar-refractivity contribution in [1.82, 2.24) is 9.97 Å². The lowest BCUT2D eigenvalue weighted by atomic mass is 10.2. The number of halogens is 2. The summed E-state index contributed by atoms with van der Waals surface area (Å²) in [5, 5.41) is 6.26. The van der Waals surface area contributed by atoms with E-state index in [0.29, 0.717) is 34.6 Å². The zero-order valence-corrected chi connectivity index (χ0v) is 15.8. The van der Waals surface area contributed by atoms with Crippen molar-refractivity contribution in [3.05, 3.63) is 59.0 Å². The smallest absolute Gasteiger partial charge is 0.229 e. The molecule has 0 aliphatic carbocycles. The molecule has 0 aliphatic heterocycles. The summed E-state index contributed by atoms with van der Waals surface area (Å²) in [6.07, 6.45) is 0. The van der Waals surface area contributed by atoms with E-state index in [1.54, 1.807) is 38.5 Å². The number of rotatable bonds is 6. The summed E-state index contributed by atoms with van der Waals surface area (Å²) in [4.78, 5) is 8.82. The van der Waals surface area contributed by atoms with E-state index in [0.717, 1.165) is 5.69 Å². The number of hydrogen-bond acceptors (Lipinski definition) is 6. The van der Waals surface area contributed by atoms with Crippen LogP contribution in [-0.2, 0) is 0 Å². The predicted octanol–water partition coefficient (Wildman–Crippen LogP) is 5.08. The van der Waals surface area contributed by atoms with Gasteiger partial charge in [-0.2, -0.15) is 4.98 Å². The molecule has 2 N–H and O–H groups in total. The van der Waals surface area contributed by atoms with Gasteiger partial charge >= 0.3 is 0 Å². The second-order valence-corrected chi connectivity index (χ2v) is 6.07. The zero-order chi connectivity index (χ0) is 19.4. The number of nitrogens with one attached hydrogen (secondary N) is 2. The monoisotopic (exact) mass is 388 g/mol. The van der Waals surface area contributed by atoms with Crippen LogP contribution in [0.1, 0.15) is 5.69 Å². The predicted molar refractivity (Wildman–Crippen MR) is 104 cm³/mol. The first kappa shape index (κ1) is 18.7. The number of aryl methyl sites for hydroxylation is 1. The third kappa shape index (κ3) is 4.57. The number of nitrogens with zero attached hydrogens (tertiary/aromatic N) is 2. The molecule has 8 heteroatoms. The molecule has 0 fully saturated rings. The maximum absolute atomic E-state index is 13.3. The average Bonchev–Trinajstić information content (AvgIpc) is 2.64. The number of ether oxygens (including phenoxy) is 2. The standard InChI is InChI=1S/C19H18ClFN4O2/c1-11-8-18(23-12-4-6-15(21)14(20)9-12)25-19(22-11)24-16-7-5-13(26-2)10-17(16)27-3/h4-10H,1-3H3,(H2,22,23,24,25).